The standard InChI is InChI=1S/C17H29N7/c1-12-8-13(2)11-24(10-12)7-5-4-6-19-17-21-15(18)14-9-20-23(3)16(14)22-17/h9,12-13H,4-8,10-11H2,1-3H3,(H3,18,19,21,22). The lowest BCUT2D eigenvalue weighted by atomic mass is 9.92. The molecule has 1 fully saturated rings. The number of hydrogen-bond acceptors (Lipinski definition) is 6. The van der Waals surface area contributed by atoms with Crippen molar-refractivity contribution in [2.24, 2.45) is 18.9 Å². The summed E-state index contributed by atoms with van der Waals surface area (Å²) in [5.41, 5.74) is 6.74. The summed E-state index contributed by atoms with van der Waals surface area (Å²) in [7, 11) is 1.86. The summed E-state index contributed by atoms with van der Waals surface area (Å²) in [6.07, 6.45) is 5.37. The van der Waals surface area contributed by atoms with Crippen LogP contribution in [0.2, 0.25) is 0 Å². The Hall–Kier alpha value is -1.89. The highest BCUT2D eigenvalue weighted by atomic mass is 15.3. The van der Waals surface area contributed by atoms with E-state index >= 15 is 0 Å². The van der Waals surface area contributed by atoms with Gasteiger partial charge >= 0.3 is 0 Å². The molecule has 0 saturated carbocycles. The van der Waals surface area contributed by atoms with Crippen LogP contribution in [0.15, 0.2) is 6.20 Å². The van der Waals surface area contributed by atoms with E-state index in [0.717, 1.165) is 35.8 Å². The average molecular weight is 331 g/mol. The number of fused-ring (bicyclic) bond motifs is 1. The van der Waals surface area contributed by atoms with Gasteiger partial charge < -0.3 is 16.0 Å². The molecule has 2 unspecified atom stereocenters. The number of nitrogens with zero attached hydrogens (tertiary/aromatic N) is 5. The Balaban J connectivity index is 1.44. The maximum absolute atomic E-state index is 5.97. The van der Waals surface area contributed by atoms with Crippen molar-refractivity contribution < 1.29 is 0 Å². The molecule has 1 aliphatic heterocycles. The number of anilines is 2. The lowest BCUT2D eigenvalue weighted by molar-refractivity contribution is 0.139. The van der Waals surface area contributed by atoms with Crippen LogP contribution in [0.25, 0.3) is 11.0 Å². The number of hydrogen-bond donors (Lipinski definition) is 2. The Morgan fingerprint density at radius 3 is 2.71 bits per heavy atom. The molecule has 132 valence electrons. The largest absolute Gasteiger partial charge is 0.383 e. The van der Waals surface area contributed by atoms with Crippen LogP contribution in [0, 0.1) is 11.8 Å². The first-order valence-electron chi connectivity index (χ1n) is 8.94. The topological polar surface area (TPSA) is 84.9 Å². The second-order valence-corrected chi connectivity index (χ2v) is 7.28. The molecule has 7 nitrogen and oxygen atoms in total. The second kappa shape index (κ2) is 7.34. The van der Waals surface area contributed by atoms with Crippen LogP contribution in [-0.2, 0) is 7.05 Å². The Kier molecular flexibility index (Phi) is 5.18. The summed E-state index contributed by atoms with van der Waals surface area (Å²) >= 11 is 0. The van der Waals surface area contributed by atoms with Crippen LogP contribution in [0.3, 0.4) is 0 Å². The lowest BCUT2D eigenvalue weighted by Gasteiger charge is -2.34. The van der Waals surface area contributed by atoms with Gasteiger partial charge in [0.1, 0.15) is 5.82 Å². The summed E-state index contributed by atoms with van der Waals surface area (Å²) in [5.74, 6) is 2.72. The molecule has 3 N–H and O–H groups in total. The van der Waals surface area contributed by atoms with Crippen LogP contribution in [-0.4, -0.2) is 50.8 Å². The fourth-order valence-corrected chi connectivity index (χ4v) is 3.76. The highest BCUT2D eigenvalue weighted by Gasteiger charge is 2.20. The van der Waals surface area contributed by atoms with Gasteiger partial charge in [0.15, 0.2) is 5.65 Å². The molecule has 24 heavy (non-hydrogen) atoms. The van der Waals surface area contributed by atoms with Crippen LogP contribution < -0.4 is 11.1 Å². The van der Waals surface area contributed by atoms with Crippen LogP contribution in [0.5, 0.6) is 0 Å². The minimum absolute atomic E-state index is 0.479. The predicted molar refractivity (Wildman–Crippen MR) is 97.8 cm³/mol. The molecule has 0 spiro atoms. The quantitative estimate of drug-likeness (QED) is 0.789. The minimum atomic E-state index is 0.479. The van der Waals surface area contributed by atoms with Crippen molar-refractivity contribution in [3.05, 3.63) is 6.20 Å². The molecule has 0 amide bonds. The van der Waals surface area contributed by atoms with Crippen molar-refractivity contribution in [3.63, 3.8) is 0 Å². The van der Waals surface area contributed by atoms with Gasteiger partial charge in [-0.2, -0.15) is 15.1 Å². The van der Waals surface area contributed by atoms with Crippen LogP contribution in [0.1, 0.15) is 33.1 Å². The predicted octanol–water partition coefficient (Wildman–Crippen LogP) is 2.12. The molecule has 2 aromatic rings. The van der Waals surface area contributed by atoms with Crippen molar-refractivity contribution in [1.29, 1.82) is 0 Å². The number of nitrogens with one attached hydrogen (secondary N) is 1. The second-order valence-electron chi connectivity index (χ2n) is 7.28. The summed E-state index contributed by atoms with van der Waals surface area (Å²) in [6, 6.07) is 0. The van der Waals surface area contributed by atoms with Crippen LogP contribution >= 0.6 is 0 Å². The van der Waals surface area contributed by atoms with Crippen molar-refractivity contribution >= 4 is 22.8 Å². The van der Waals surface area contributed by atoms with Gasteiger partial charge in [-0.3, -0.25) is 4.68 Å². The van der Waals surface area contributed by atoms with Crippen molar-refractivity contribution in [2.75, 3.05) is 37.2 Å². The van der Waals surface area contributed by atoms with E-state index in [-0.39, 0.29) is 0 Å². The molecule has 0 aliphatic carbocycles. The fraction of sp³-hybridized carbons (Fsp3) is 0.706. The Bertz CT molecular complexity index is 671. The smallest absolute Gasteiger partial charge is 0.226 e. The number of nitrogen functional groups attached to an aromatic ring is 1. The highest BCUT2D eigenvalue weighted by Crippen LogP contribution is 2.21. The molecule has 2 aromatic heterocycles. The monoisotopic (exact) mass is 331 g/mol. The molecular weight excluding hydrogens is 302 g/mol. The van der Waals surface area contributed by atoms with Crippen molar-refractivity contribution in [2.45, 2.75) is 33.1 Å². The van der Waals surface area contributed by atoms with Crippen molar-refractivity contribution in [3.8, 4) is 0 Å². The number of unbranched alkanes of at least 4 members (excludes halogenated alkanes) is 1. The van der Waals surface area contributed by atoms with Gasteiger partial charge in [0.25, 0.3) is 0 Å². The summed E-state index contributed by atoms with van der Waals surface area (Å²) in [5, 5.41) is 8.26. The first-order chi connectivity index (χ1) is 11.5. The average Bonchev–Trinajstić information content (AvgIpc) is 2.88. The third-order valence-corrected chi connectivity index (χ3v) is 4.75. The summed E-state index contributed by atoms with van der Waals surface area (Å²) in [6.45, 7) is 9.26. The molecule has 3 rings (SSSR count). The third kappa shape index (κ3) is 3.95. The maximum atomic E-state index is 5.97. The number of aryl methyl sites for hydroxylation is 1. The van der Waals surface area contributed by atoms with E-state index in [9.17, 15) is 0 Å². The third-order valence-electron chi connectivity index (χ3n) is 4.75. The molecule has 7 heteroatoms. The zero-order chi connectivity index (χ0) is 17.1. The number of likely N-dealkylation sites (tertiary alicyclic amines) is 1. The van der Waals surface area contributed by atoms with Gasteiger partial charge in [0, 0.05) is 26.7 Å². The zero-order valence-electron chi connectivity index (χ0n) is 15.0. The van der Waals surface area contributed by atoms with Crippen LogP contribution in [0.4, 0.5) is 11.8 Å². The van der Waals surface area contributed by atoms with Gasteiger partial charge in [-0.05, 0) is 37.6 Å². The molecule has 0 bridgehead atoms. The van der Waals surface area contributed by atoms with E-state index in [4.69, 9.17) is 5.73 Å². The minimum Gasteiger partial charge on any atom is -0.383 e. The SMILES string of the molecule is CC1CC(C)CN(CCCCNc2nc(N)c3cnn(C)c3n2)C1. The molecular formula is C17H29N7. The van der Waals surface area contributed by atoms with E-state index in [1.807, 2.05) is 7.05 Å². The lowest BCUT2D eigenvalue weighted by Crippen LogP contribution is -2.39. The summed E-state index contributed by atoms with van der Waals surface area (Å²) in [4.78, 5) is 11.4. The number of aromatic nitrogens is 4. The Labute approximate surface area is 143 Å². The van der Waals surface area contributed by atoms with E-state index in [1.165, 1.54) is 32.5 Å². The van der Waals surface area contributed by atoms with E-state index in [1.54, 1.807) is 10.9 Å². The van der Waals surface area contributed by atoms with E-state index in [0.29, 0.717) is 11.8 Å². The first kappa shape index (κ1) is 17.0. The number of nitrogens with two attached hydrogens (primary N) is 1. The maximum Gasteiger partial charge on any atom is 0.226 e. The Morgan fingerprint density at radius 2 is 1.96 bits per heavy atom. The van der Waals surface area contributed by atoms with Gasteiger partial charge in [-0.15, -0.1) is 0 Å². The summed E-state index contributed by atoms with van der Waals surface area (Å²) < 4.78 is 1.72. The first-order valence-corrected chi connectivity index (χ1v) is 8.94. The molecule has 3 heterocycles. The van der Waals surface area contributed by atoms with Gasteiger partial charge in [0.05, 0.1) is 11.6 Å². The van der Waals surface area contributed by atoms with Gasteiger partial charge in [0.2, 0.25) is 5.95 Å². The van der Waals surface area contributed by atoms with E-state index < -0.39 is 0 Å². The number of rotatable bonds is 6. The molecule has 1 saturated heterocycles. The van der Waals surface area contributed by atoms with Crippen molar-refractivity contribution in [1.82, 2.24) is 24.6 Å². The number of piperidine rings is 1. The molecule has 0 aromatic carbocycles. The molecule has 1 aliphatic rings. The van der Waals surface area contributed by atoms with Gasteiger partial charge in [-0.25, -0.2) is 0 Å². The highest BCUT2D eigenvalue weighted by molar-refractivity contribution is 5.86. The Morgan fingerprint density at radius 1 is 1.21 bits per heavy atom. The molecule has 2 atom stereocenters. The molecule has 0 radical (unpaired) electrons. The fourth-order valence-electron chi connectivity index (χ4n) is 3.76. The van der Waals surface area contributed by atoms with E-state index in [2.05, 4.69) is 39.1 Å². The normalized spacial score (nSPS) is 22.1. The zero-order valence-corrected chi connectivity index (χ0v) is 15.0. The van der Waals surface area contributed by atoms with Gasteiger partial charge in [-0.1, -0.05) is 13.8 Å².